The maximum absolute atomic E-state index is 12.5. The number of methoxy groups -OCH3 is 1. The highest BCUT2D eigenvalue weighted by Crippen LogP contribution is 2.29. The molecule has 2 heterocycles. The molecule has 0 aliphatic heterocycles. The van der Waals surface area contributed by atoms with Gasteiger partial charge in [-0.25, -0.2) is 9.78 Å². The van der Waals surface area contributed by atoms with Crippen molar-refractivity contribution in [1.29, 1.82) is 0 Å². The quantitative estimate of drug-likeness (QED) is 0.334. The van der Waals surface area contributed by atoms with Crippen LogP contribution in [0.15, 0.2) is 66.0 Å². The second-order valence-corrected chi connectivity index (χ2v) is 7.52. The molecule has 0 radical (unpaired) electrons. The average molecular weight is 420 g/mol. The summed E-state index contributed by atoms with van der Waals surface area (Å²) in [6, 6.07) is 16.4. The van der Waals surface area contributed by atoms with Gasteiger partial charge in [0.15, 0.2) is 5.16 Å². The van der Waals surface area contributed by atoms with Gasteiger partial charge < -0.3 is 14.5 Å². The second kappa shape index (κ2) is 9.00. The molecule has 7 heteroatoms. The van der Waals surface area contributed by atoms with E-state index < -0.39 is 0 Å². The zero-order valence-electron chi connectivity index (χ0n) is 16.7. The number of fused-ring (bicyclic) bond motifs is 1. The van der Waals surface area contributed by atoms with E-state index in [1.165, 1.54) is 0 Å². The van der Waals surface area contributed by atoms with Gasteiger partial charge in [-0.05, 0) is 36.8 Å². The van der Waals surface area contributed by atoms with Gasteiger partial charge in [0.05, 0.1) is 29.4 Å². The van der Waals surface area contributed by atoms with Crippen LogP contribution >= 0.6 is 11.8 Å². The highest BCUT2D eigenvalue weighted by atomic mass is 32.2. The molecule has 0 aliphatic rings. The Bertz CT molecular complexity index is 1180. The van der Waals surface area contributed by atoms with Crippen molar-refractivity contribution in [2.24, 2.45) is 0 Å². The van der Waals surface area contributed by atoms with E-state index in [0.717, 1.165) is 33.2 Å². The SMILES string of the molecule is CCc1c(OC(=O)c2ccccc2)ccnc1CSc1nc2ccc(OC)cc2[nH]1. The Labute approximate surface area is 178 Å². The Hall–Kier alpha value is -3.32. The topological polar surface area (TPSA) is 77.1 Å². The molecule has 0 spiro atoms. The molecule has 2 aromatic carbocycles. The molecule has 0 saturated heterocycles. The van der Waals surface area contributed by atoms with Crippen LogP contribution in [0, 0.1) is 0 Å². The molecule has 0 fully saturated rings. The van der Waals surface area contributed by atoms with Gasteiger partial charge >= 0.3 is 5.97 Å². The van der Waals surface area contributed by atoms with E-state index in [9.17, 15) is 4.79 Å². The minimum atomic E-state index is -0.374. The van der Waals surface area contributed by atoms with Crippen molar-refractivity contribution in [2.45, 2.75) is 24.3 Å². The Morgan fingerprint density at radius 2 is 1.97 bits per heavy atom. The number of hydrogen-bond acceptors (Lipinski definition) is 6. The fourth-order valence-electron chi connectivity index (χ4n) is 3.14. The van der Waals surface area contributed by atoms with E-state index >= 15 is 0 Å². The third-order valence-electron chi connectivity index (χ3n) is 4.68. The zero-order valence-corrected chi connectivity index (χ0v) is 17.5. The maximum atomic E-state index is 12.5. The van der Waals surface area contributed by atoms with Gasteiger partial charge in [-0.2, -0.15) is 0 Å². The van der Waals surface area contributed by atoms with E-state index in [4.69, 9.17) is 9.47 Å². The van der Waals surface area contributed by atoms with Crippen molar-refractivity contribution in [3.05, 3.63) is 77.6 Å². The number of imidazole rings is 1. The summed E-state index contributed by atoms with van der Waals surface area (Å²) < 4.78 is 10.9. The van der Waals surface area contributed by atoms with Crippen LogP contribution in [0.4, 0.5) is 0 Å². The number of carbonyl (C=O) groups excluding carboxylic acids is 1. The first-order valence-electron chi connectivity index (χ1n) is 9.58. The lowest BCUT2D eigenvalue weighted by atomic mass is 10.1. The molecule has 4 aromatic rings. The number of ether oxygens (including phenoxy) is 2. The van der Waals surface area contributed by atoms with Crippen LogP contribution in [0.3, 0.4) is 0 Å². The maximum Gasteiger partial charge on any atom is 0.343 e. The molecule has 152 valence electrons. The number of thioether (sulfide) groups is 1. The molecule has 2 aromatic heterocycles. The molecule has 30 heavy (non-hydrogen) atoms. The standard InChI is InChI=1S/C23H21N3O3S/c1-3-17-20(14-30-23-25-18-10-9-16(28-2)13-19(18)26-23)24-12-11-21(17)29-22(27)15-7-5-4-6-8-15/h4-13H,3,14H2,1-2H3,(H,25,26). The van der Waals surface area contributed by atoms with Gasteiger partial charge in [-0.3, -0.25) is 4.98 Å². The number of rotatable bonds is 7. The lowest BCUT2D eigenvalue weighted by molar-refractivity contribution is 0.0733. The van der Waals surface area contributed by atoms with Crippen LogP contribution in [0.1, 0.15) is 28.5 Å². The number of benzene rings is 2. The van der Waals surface area contributed by atoms with Crippen LogP contribution in [-0.2, 0) is 12.2 Å². The molecule has 0 atom stereocenters. The highest BCUT2D eigenvalue weighted by molar-refractivity contribution is 7.98. The number of carbonyl (C=O) groups is 1. The summed E-state index contributed by atoms with van der Waals surface area (Å²) in [5.41, 5.74) is 4.12. The van der Waals surface area contributed by atoms with Gasteiger partial charge in [-0.1, -0.05) is 36.9 Å². The Kier molecular flexibility index (Phi) is 5.99. The third kappa shape index (κ3) is 4.31. The lowest BCUT2D eigenvalue weighted by Crippen LogP contribution is -2.11. The van der Waals surface area contributed by atoms with Crippen LogP contribution in [0.2, 0.25) is 0 Å². The summed E-state index contributed by atoms with van der Waals surface area (Å²) >= 11 is 1.56. The molecule has 0 saturated carbocycles. The number of nitrogens with one attached hydrogen (secondary N) is 1. The summed E-state index contributed by atoms with van der Waals surface area (Å²) in [4.78, 5) is 24.9. The van der Waals surface area contributed by atoms with E-state index in [1.807, 2.05) is 43.3 Å². The predicted molar refractivity (Wildman–Crippen MR) is 117 cm³/mol. The van der Waals surface area contributed by atoms with Crippen molar-refractivity contribution in [2.75, 3.05) is 7.11 Å². The minimum absolute atomic E-state index is 0.374. The van der Waals surface area contributed by atoms with Crippen LogP contribution < -0.4 is 9.47 Å². The molecular formula is C23H21N3O3S. The number of pyridine rings is 1. The summed E-state index contributed by atoms with van der Waals surface area (Å²) in [7, 11) is 1.64. The van der Waals surface area contributed by atoms with Gasteiger partial charge in [0.2, 0.25) is 0 Å². The smallest absolute Gasteiger partial charge is 0.343 e. The number of H-pyrrole nitrogens is 1. The molecule has 4 rings (SSSR count). The molecule has 6 nitrogen and oxygen atoms in total. The molecule has 0 amide bonds. The zero-order chi connectivity index (χ0) is 20.9. The predicted octanol–water partition coefficient (Wildman–Crippen LogP) is 5.04. The first-order chi connectivity index (χ1) is 14.7. The average Bonchev–Trinajstić information content (AvgIpc) is 3.20. The minimum Gasteiger partial charge on any atom is -0.497 e. The largest absolute Gasteiger partial charge is 0.497 e. The van der Waals surface area contributed by atoms with E-state index in [0.29, 0.717) is 23.5 Å². The van der Waals surface area contributed by atoms with Gasteiger partial charge in [0, 0.05) is 23.6 Å². The normalized spacial score (nSPS) is 10.9. The van der Waals surface area contributed by atoms with Crippen molar-refractivity contribution in [3.8, 4) is 11.5 Å². The van der Waals surface area contributed by atoms with Gasteiger partial charge in [-0.15, -0.1) is 0 Å². The molecule has 0 unspecified atom stereocenters. The van der Waals surface area contributed by atoms with E-state index in [-0.39, 0.29) is 5.97 Å². The second-order valence-electron chi connectivity index (χ2n) is 6.56. The molecule has 0 bridgehead atoms. The number of aromatic amines is 1. The van der Waals surface area contributed by atoms with Crippen LogP contribution in [-0.4, -0.2) is 28.0 Å². The molecule has 0 aliphatic carbocycles. The van der Waals surface area contributed by atoms with Crippen molar-refractivity contribution >= 4 is 28.8 Å². The van der Waals surface area contributed by atoms with Gasteiger partial charge in [0.1, 0.15) is 11.5 Å². The molecular weight excluding hydrogens is 398 g/mol. The van der Waals surface area contributed by atoms with Crippen LogP contribution in [0.5, 0.6) is 11.5 Å². The summed E-state index contributed by atoms with van der Waals surface area (Å²) in [6.45, 7) is 2.03. The van der Waals surface area contributed by atoms with Crippen LogP contribution in [0.25, 0.3) is 11.0 Å². The molecule has 1 N–H and O–H groups in total. The Balaban J connectivity index is 1.52. The fraction of sp³-hybridized carbons (Fsp3) is 0.174. The number of hydrogen-bond donors (Lipinski definition) is 1. The fourth-order valence-corrected chi connectivity index (χ4v) is 4.01. The number of nitrogens with zero attached hydrogens (tertiary/aromatic N) is 2. The first kappa shape index (κ1) is 20.0. The summed E-state index contributed by atoms with van der Waals surface area (Å²) in [6.07, 6.45) is 2.38. The monoisotopic (exact) mass is 419 g/mol. The van der Waals surface area contributed by atoms with E-state index in [1.54, 1.807) is 43.3 Å². The third-order valence-corrected chi connectivity index (χ3v) is 5.57. The number of aromatic nitrogens is 3. The van der Waals surface area contributed by atoms with Crippen molar-refractivity contribution in [1.82, 2.24) is 15.0 Å². The Morgan fingerprint density at radius 1 is 1.13 bits per heavy atom. The van der Waals surface area contributed by atoms with Gasteiger partial charge in [0.25, 0.3) is 0 Å². The Morgan fingerprint density at radius 3 is 2.73 bits per heavy atom. The summed E-state index contributed by atoms with van der Waals surface area (Å²) in [5.74, 6) is 1.56. The van der Waals surface area contributed by atoms with E-state index in [2.05, 4.69) is 15.0 Å². The van der Waals surface area contributed by atoms with Crippen molar-refractivity contribution in [3.63, 3.8) is 0 Å². The first-order valence-corrected chi connectivity index (χ1v) is 10.6. The van der Waals surface area contributed by atoms with Crippen molar-refractivity contribution < 1.29 is 14.3 Å². The lowest BCUT2D eigenvalue weighted by Gasteiger charge is -2.12. The summed E-state index contributed by atoms with van der Waals surface area (Å²) in [5, 5.41) is 0.800. The number of esters is 1. The highest BCUT2D eigenvalue weighted by Gasteiger charge is 2.15.